The number of aromatic nitrogens is 1. The molecule has 0 atom stereocenters. The Labute approximate surface area is 191 Å². The molecule has 0 N–H and O–H groups in total. The van der Waals surface area contributed by atoms with Crippen LogP contribution in [0.25, 0.3) is 55.1 Å². The molecule has 2 heteroatoms. The number of aryl methyl sites for hydroxylation is 3. The predicted octanol–water partition coefficient (Wildman–Crippen LogP) is 7.51. The maximum atomic E-state index is 7.89. The first-order valence-electron chi connectivity index (χ1n) is 12.3. The Morgan fingerprint density at radius 2 is 1.62 bits per heavy atom. The third-order valence-corrected chi connectivity index (χ3v) is 6.34. The molecular formula is C30H24NO+. The number of para-hydroxylation sites is 1. The Morgan fingerprint density at radius 3 is 2.50 bits per heavy atom. The van der Waals surface area contributed by atoms with Crippen LogP contribution in [0.15, 0.2) is 95.5 Å². The molecule has 0 spiro atoms. The molecule has 0 aliphatic carbocycles. The van der Waals surface area contributed by atoms with Crippen LogP contribution in [0.5, 0.6) is 0 Å². The molecule has 0 saturated heterocycles. The van der Waals surface area contributed by atoms with Gasteiger partial charge in [0.1, 0.15) is 18.2 Å². The lowest BCUT2D eigenvalue weighted by Crippen LogP contribution is -2.30. The number of benzene rings is 4. The molecule has 2 nitrogen and oxygen atoms in total. The standard InChI is InChI=1S/C30H24NO/c1-19-15-16-31(3)27(17-19)28-20(2)11-14-26-25-10-6-9-24(29(25)32-30(26)28)23-13-12-21-7-4-5-8-22(21)18-23/h4-18H,1-3H3/q+1/i1D3. The number of hydrogen-bond acceptors (Lipinski definition) is 1. The molecule has 0 aliphatic heterocycles. The fraction of sp³-hybridized carbons (Fsp3) is 0.100. The Kier molecular flexibility index (Phi) is 3.49. The SMILES string of the molecule is [2H]C([2H])([2H])c1cc[n+](C)c(-c2c(C)ccc3c2oc2c(-c4ccc5ccccc5c4)cccc23)c1. The molecule has 154 valence electrons. The van der Waals surface area contributed by atoms with Crippen LogP contribution in [0.4, 0.5) is 0 Å². The highest BCUT2D eigenvalue weighted by molar-refractivity contribution is 6.13. The third-order valence-electron chi connectivity index (χ3n) is 6.34. The van der Waals surface area contributed by atoms with Crippen molar-refractivity contribution in [3.63, 3.8) is 0 Å². The number of pyridine rings is 1. The van der Waals surface area contributed by atoms with E-state index in [0.29, 0.717) is 5.56 Å². The van der Waals surface area contributed by atoms with Crippen LogP contribution < -0.4 is 4.57 Å². The molecule has 4 aromatic carbocycles. The largest absolute Gasteiger partial charge is 0.454 e. The lowest BCUT2D eigenvalue weighted by atomic mass is 9.97. The lowest BCUT2D eigenvalue weighted by Gasteiger charge is -2.06. The highest BCUT2D eigenvalue weighted by Crippen LogP contribution is 2.40. The normalized spacial score (nSPS) is 13.4. The zero-order valence-electron chi connectivity index (χ0n) is 21.0. The second-order valence-corrected chi connectivity index (χ2v) is 8.39. The molecule has 0 unspecified atom stereocenters. The van der Waals surface area contributed by atoms with Crippen LogP contribution in [0.2, 0.25) is 0 Å². The molecule has 0 bridgehead atoms. The minimum Gasteiger partial charge on any atom is -0.454 e. The summed E-state index contributed by atoms with van der Waals surface area (Å²) in [5.41, 5.74) is 6.81. The summed E-state index contributed by atoms with van der Waals surface area (Å²) in [6.07, 6.45) is 1.80. The summed E-state index contributed by atoms with van der Waals surface area (Å²) in [6, 6.07) is 28.6. The van der Waals surface area contributed by atoms with Crippen LogP contribution in [-0.4, -0.2) is 0 Å². The van der Waals surface area contributed by atoms with Gasteiger partial charge in [-0.1, -0.05) is 66.7 Å². The van der Waals surface area contributed by atoms with E-state index >= 15 is 0 Å². The summed E-state index contributed by atoms with van der Waals surface area (Å²) in [5, 5.41) is 4.44. The van der Waals surface area contributed by atoms with Crippen molar-refractivity contribution in [3.8, 4) is 22.4 Å². The minimum atomic E-state index is -2.18. The van der Waals surface area contributed by atoms with Gasteiger partial charge in [0, 0.05) is 32.6 Å². The minimum absolute atomic E-state index is 0.315. The van der Waals surface area contributed by atoms with Crippen molar-refractivity contribution in [3.05, 3.63) is 102 Å². The first-order valence-corrected chi connectivity index (χ1v) is 10.8. The van der Waals surface area contributed by atoms with Crippen molar-refractivity contribution < 1.29 is 13.1 Å². The first-order chi connectivity index (χ1) is 16.8. The van der Waals surface area contributed by atoms with Gasteiger partial charge in [0.2, 0.25) is 5.69 Å². The van der Waals surface area contributed by atoms with Gasteiger partial charge in [-0.15, -0.1) is 0 Å². The zero-order chi connectivity index (χ0) is 24.3. The lowest BCUT2D eigenvalue weighted by molar-refractivity contribution is -0.660. The molecular weight excluding hydrogens is 390 g/mol. The van der Waals surface area contributed by atoms with Gasteiger partial charge in [-0.05, 0) is 47.3 Å². The van der Waals surface area contributed by atoms with Crippen molar-refractivity contribution in [2.24, 2.45) is 7.05 Å². The second-order valence-electron chi connectivity index (χ2n) is 8.39. The van der Waals surface area contributed by atoms with Gasteiger partial charge in [0.15, 0.2) is 6.20 Å². The molecule has 0 radical (unpaired) electrons. The Balaban J connectivity index is 1.64. The predicted molar refractivity (Wildman–Crippen MR) is 133 cm³/mol. The van der Waals surface area contributed by atoms with Crippen LogP contribution in [-0.2, 0) is 7.05 Å². The summed E-state index contributed by atoms with van der Waals surface area (Å²) in [4.78, 5) is 0. The van der Waals surface area contributed by atoms with Crippen molar-refractivity contribution in [2.75, 3.05) is 0 Å². The monoisotopic (exact) mass is 417 g/mol. The van der Waals surface area contributed by atoms with Crippen molar-refractivity contribution >= 4 is 32.7 Å². The molecule has 0 aliphatic rings. The maximum Gasteiger partial charge on any atom is 0.216 e. The van der Waals surface area contributed by atoms with Gasteiger partial charge in [0.25, 0.3) is 0 Å². The third kappa shape index (κ3) is 2.84. The summed E-state index contributed by atoms with van der Waals surface area (Å²) in [6.45, 7) is -0.143. The van der Waals surface area contributed by atoms with Gasteiger partial charge in [-0.3, -0.25) is 0 Å². The van der Waals surface area contributed by atoms with E-state index in [1.165, 1.54) is 10.8 Å². The molecule has 0 saturated carbocycles. The van der Waals surface area contributed by atoms with Crippen molar-refractivity contribution in [1.82, 2.24) is 0 Å². The molecule has 6 aromatic rings. The zero-order valence-corrected chi connectivity index (χ0v) is 18.0. The van der Waals surface area contributed by atoms with Crippen molar-refractivity contribution in [1.29, 1.82) is 0 Å². The van der Waals surface area contributed by atoms with E-state index in [1.54, 1.807) is 18.3 Å². The van der Waals surface area contributed by atoms with E-state index < -0.39 is 6.85 Å². The summed E-state index contributed by atoms with van der Waals surface area (Å²) >= 11 is 0. The van der Waals surface area contributed by atoms with Gasteiger partial charge in [0.05, 0.1) is 5.56 Å². The van der Waals surface area contributed by atoms with E-state index in [-0.39, 0.29) is 0 Å². The average molecular weight is 418 g/mol. The van der Waals surface area contributed by atoms with Crippen LogP contribution in [0, 0.1) is 13.8 Å². The van der Waals surface area contributed by atoms with E-state index in [2.05, 4.69) is 66.7 Å². The molecule has 2 aromatic heterocycles. The van der Waals surface area contributed by atoms with Crippen LogP contribution in [0.3, 0.4) is 0 Å². The quantitative estimate of drug-likeness (QED) is 0.266. The van der Waals surface area contributed by atoms with Crippen LogP contribution in [0.1, 0.15) is 15.2 Å². The fourth-order valence-corrected chi connectivity index (χ4v) is 4.68. The highest BCUT2D eigenvalue weighted by Gasteiger charge is 2.21. The summed E-state index contributed by atoms with van der Waals surface area (Å²) in [7, 11) is 1.93. The number of fused-ring (bicyclic) bond motifs is 4. The highest BCUT2D eigenvalue weighted by atomic mass is 16.3. The van der Waals surface area contributed by atoms with Crippen molar-refractivity contribution in [2.45, 2.75) is 13.8 Å². The molecule has 6 rings (SSSR count). The van der Waals surface area contributed by atoms with Gasteiger partial charge in [-0.2, -0.15) is 0 Å². The number of rotatable bonds is 2. The molecule has 2 heterocycles. The van der Waals surface area contributed by atoms with Gasteiger partial charge < -0.3 is 4.42 Å². The Morgan fingerprint density at radius 1 is 0.781 bits per heavy atom. The van der Waals surface area contributed by atoms with E-state index in [9.17, 15) is 0 Å². The first kappa shape index (κ1) is 15.8. The van der Waals surface area contributed by atoms with E-state index in [4.69, 9.17) is 8.53 Å². The molecule has 0 fully saturated rings. The average Bonchev–Trinajstić information content (AvgIpc) is 3.22. The Hall–Kier alpha value is -3.91. The summed E-state index contributed by atoms with van der Waals surface area (Å²) < 4.78 is 32.3. The van der Waals surface area contributed by atoms with Crippen LogP contribution >= 0.6 is 0 Å². The molecule has 0 amide bonds. The maximum absolute atomic E-state index is 7.89. The van der Waals surface area contributed by atoms with E-state index in [1.807, 2.05) is 24.6 Å². The second kappa shape index (κ2) is 7.06. The van der Waals surface area contributed by atoms with E-state index in [0.717, 1.165) is 49.9 Å². The topological polar surface area (TPSA) is 17.0 Å². The smallest absolute Gasteiger partial charge is 0.216 e. The number of hydrogen-bond donors (Lipinski definition) is 0. The number of furan rings is 1. The number of nitrogens with zero attached hydrogens (tertiary/aromatic N) is 1. The molecule has 32 heavy (non-hydrogen) atoms. The summed E-state index contributed by atoms with van der Waals surface area (Å²) in [5.74, 6) is 0. The Bertz CT molecular complexity index is 1760. The van der Waals surface area contributed by atoms with Gasteiger partial charge in [-0.25, -0.2) is 4.57 Å². The fourth-order valence-electron chi connectivity index (χ4n) is 4.68. The van der Waals surface area contributed by atoms with Gasteiger partial charge >= 0.3 is 0 Å².